The van der Waals surface area contributed by atoms with Crippen molar-refractivity contribution in [2.45, 2.75) is 39.2 Å². The molecule has 1 heterocycles. The number of para-hydroxylation sites is 2. The molecule has 5 heteroatoms. The van der Waals surface area contributed by atoms with Gasteiger partial charge in [0.1, 0.15) is 11.8 Å². The van der Waals surface area contributed by atoms with Crippen molar-refractivity contribution in [2.75, 3.05) is 35.2 Å². The Kier molecular flexibility index (Phi) is 6.58. The molecular weight excluding hydrogens is 338 g/mol. The number of piperidine rings is 1. The number of benzene rings is 2. The lowest BCUT2D eigenvalue weighted by Crippen LogP contribution is -2.32. The summed E-state index contributed by atoms with van der Waals surface area (Å²) in [5.74, 6) is 0.678. The van der Waals surface area contributed by atoms with Crippen LogP contribution in [0.5, 0.6) is 5.75 Å². The molecule has 0 aromatic heterocycles. The number of amides is 1. The highest BCUT2D eigenvalue weighted by Gasteiger charge is 2.15. The van der Waals surface area contributed by atoms with Crippen LogP contribution in [-0.2, 0) is 4.79 Å². The smallest absolute Gasteiger partial charge is 0.246 e. The molecule has 2 N–H and O–H groups in total. The van der Waals surface area contributed by atoms with Crippen LogP contribution in [0, 0.1) is 0 Å². The van der Waals surface area contributed by atoms with Crippen molar-refractivity contribution >= 4 is 23.0 Å². The van der Waals surface area contributed by atoms with Gasteiger partial charge in [-0.2, -0.15) is 0 Å². The fourth-order valence-corrected chi connectivity index (χ4v) is 3.32. The Labute approximate surface area is 161 Å². The van der Waals surface area contributed by atoms with E-state index in [1.165, 1.54) is 24.9 Å². The minimum absolute atomic E-state index is 0.0768. The van der Waals surface area contributed by atoms with Crippen LogP contribution in [0.3, 0.4) is 0 Å². The van der Waals surface area contributed by atoms with Crippen molar-refractivity contribution in [3.05, 3.63) is 48.5 Å². The first kappa shape index (κ1) is 19.1. The Morgan fingerprint density at radius 1 is 1.07 bits per heavy atom. The van der Waals surface area contributed by atoms with Gasteiger partial charge in [0.2, 0.25) is 5.91 Å². The van der Waals surface area contributed by atoms with Crippen LogP contribution in [0.4, 0.5) is 17.1 Å². The average molecular weight is 367 g/mol. The topological polar surface area (TPSA) is 53.6 Å². The van der Waals surface area contributed by atoms with Crippen LogP contribution < -0.4 is 20.3 Å². The van der Waals surface area contributed by atoms with E-state index in [0.717, 1.165) is 30.2 Å². The van der Waals surface area contributed by atoms with Crippen molar-refractivity contribution in [1.29, 1.82) is 0 Å². The lowest BCUT2D eigenvalue weighted by atomic mass is 10.1. The van der Waals surface area contributed by atoms with Crippen molar-refractivity contribution in [3.63, 3.8) is 0 Å². The zero-order valence-electron chi connectivity index (χ0n) is 16.2. The number of rotatable bonds is 7. The third-order valence-electron chi connectivity index (χ3n) is 4.81. The lowest BCUT2D eigenvalue weighted by molar-refractivity contribution is -0.116. The second kappa shape index (κ2) is 9.31. The highest BCUT2D eigenvalue weighted by Crippen LogP contribution is 2.25. The second-order valence-electron chi connectivity index (χ2n) is 6.88. The number of carbonyl (C=O) groups excluding carboxylic acids is 1. The number of nitrogens with one attached hydrogen (secondary N) is 2. The van der Waals surface area contributed by atoms with Gasteiger partial charge in [-0.3, -0.25) is 4.79 Å². The Bertz CT molecular complexity index is 739. The first-order chi connectivity index (χ1) is 13.2. The van der Waals surface area contributed by atoms with Gasteiger partial charge >= 0.3 is 0 Å². The molecule has 0 unspecified atom stereocenters. The molecule has 3 rings (SSSR count). The largest absolute Gasteiger partial charge is 0.492 e. The number of nitrogens with zero attached hydrogens (tertiary/aromatic N) is 1. The maximum absolute atomic E-state index is 12.5. The summed E-state index contributed by atoms with van der Waals surface area (Å²) in [6, 6.07) is 15.4. The normalized spacial score (nSPS) is 15.1. The average Bonchev–Trinajstić information content (AvgIpc) is 2.71. The molecule has 1 amide bonds. The van der Waals surface area contributed by atoms with E-state index in [1.54, 1.807) is 0 Å². The number of hydrogen-bond donors (Lipinski definition) is 2. The maximum Gasteiger partial charge on any atom is 0.246 e. The molecule has 2 aromatic rings. The van der Waals surface area contributed by atoms with Gasteiger partial charge in [0, 0.05) is 24.5 Å². The van der Waals surface area contributed by atoms with E-state index in [-0.39, 0.29) is 11.9 Å². The molecule has 0 radical (unpaired) electrons. The zero-order valence-corrected chi connectivity index (χ0v) is 16.2. The van der Waals surface area contributed by atoms with Crippen LogP contribution in [0.25, 0.3) is 0 Å². The molecule has 1 atom stereocenters. The summed E-state index contributed by atoms with van der Waals surface area (Å²) in [4.78, 5) is 15.0. The Balaban J connectivity index is 1.58. The third kappa shape index (κ3) is 5.16. The van der Waals surface area contributed by atoms with Gasteiger partial charge in [-0.05, 0) is 69.5 Å². The molecule has 1 aliphatic heterocycles. The van der Waals surface area contributed by atoms with Gasteiger partial charge in [0.05, 0.1) is 12.3 Å². The summed E-state index contributed by atoms with van der Waals surface area (Å²) in [5.41, 5.74) is 2.86. The van der Waals surface area contributed by atoms with Gasteiger partial charge in [-0.25, -0.2) is 0 Å². The summed E-state index contributed by atoms with van der Waals surface area (Å²) >= 11 is 0. The third-order valence-corrected chi connectivity index (χ3v) is 4.81. The Hall–Kier alpha value is -2.69. The van der Waals surface area contributed by atoms with E-state index in [2.05, 4.69) is 27.7 Å². The van der Waals surface area contributed by atoms with Crippen LogP contribution >= 0.6 is 0 Å². The molecule has 0 aliphatic carbocycles. The second-order valence-corrected chi connectivity index (χ2v) is 6.88. The molecule has 1 aliphatic rings. The fourth-order valence-electron chi connectivity index (χ4n) is 3.32. The van der Waals surface area contributed by atoms with Crippen LogP contribution in [0.15, 0.2) is 48.5 Å². The minimum atomic E-state index is -0.381. The van der Waals surface area contributed by atoms with E-state index in [4.69, 9.17) is 4.74 Å². The highest BCUT2D eigenvalue weighted by molar-refractivity contribution is 5.96. The summed E-state index contributed by atoms with van der Waals surface area (Å²) < 4.78 is 5.61. The zero-order chi connectivity index (χ0) is 19.1. The van der Waals surface area contributed by atoms with Gasteiger partial charge in [-0.15, -0.1) is 0 Å². The highest BCUT2D eigenvalue weighted by atomic mass is 16.5. The molecule has 0 saturated carbocycles. The van der Waals surface area contributed by atoms with Gasteiger partial charge in [-0.1, -0.05) is 12.1 Å². The monoisotopic (exact) mass is 367 g/mol. The molecule has 144 valence electrons. The van der Waals surface area contributed by atoms with E-state index in [1.807, 2.05) is 50.2 Å². The summed E-state index contributed by atoms with van der Waals surface area (Å²) in [6.45, 7) is 6.61. The van der Waals surface area contributed by atoms with Gasteiger partial charge in [0.15, 0.2) is 0 Å². The SMILES string of the molecule is CCOc1ccccc1N[C@@H](C)C(=O)Nc1ccc(N2CCCCC2)cc1. The Morgan fingerprint density at radius 3 is 2.48 bits per heavy atom. The van der Waals surface area contributed by atoms with Gasteiger partial charge in [0.25, 0.3) is 0 Å². The van der Waals surface area contributed by atoms with E-state index < -0.39 is 0 Å². The fraction of sp³-hybridized carbons (Fsp3) is 0.409. The first-order valence-corrected chi connectivity index (χ1v) is 9.81. The van der Waals surface area contributed by atoms with Crippen LogP contribution in [0.1, 0.15) is 33.1 Å². The van der Waals surface area contributed by atoms with Crippen LogP contribution in [0.2, 0.25) is 0 Å². The quantitative estimate of drug-likeness (QED) is 0.756. The molecule has 27 heavy (non-hydrogen) atoms. The number of anilines is 3. The molecule has 0 spiro atoms. The molecular formula is C22H29N3O2. The molecule has 1 fully saturated rings. The van der Waals surface area contributed by atoms with Crippen molar-refractivity contribution in [2.24, 2.45) is 0 Å². The molecule has 2 aromatic carbocycles. The maximum atomic E-state index is 12.5. The molecule has 0 bridgehead atoms. The predicted molar refractivity (Wildman–Crippen MR) is 112 cm³/mol. The predicted octanol–water partition coefficient (Wildman–Crippen LogP) is 4.51. The number of hydrogen-bond acceptors (Lipinski definition) is 4. The van der Waals surface area contributed by atoms with Crippen molar-refractivity contribution in [1.82, 2.24) is 0 Å². The van der Waals surface area contributed by atoms with E-state index in [9.17, 15) is 4.79 Å². The summed E-state index contributed by atoms with van der Waals surface area (Å²) in [6.07, 6.45) is 3.83. The number of ether oxygens (including phenoxy) is 1. The number of carbonyl (C=O) groups is 1. The molecule has 5 nitrogen and oxygen atoms in total. The first-order valence-electron chi connectivity index (χ1n) is 9.81. The van der Waals surface area contributed by atoms with E-state index in [0.29, 0.717) is 6.61 Å². The van der Waals surface area contributed by atoms with E-state index >= 15 is 0 Å². The summed E-state index contributed by atoms with van der Waals surface area (Å²) in [5, 5.41) is 6.22. The minimum Gasteiger partial charge on any atom is -0.492 e. The van der Waals surface area contributed by atoms with Gasteiger partial charge < -0.3 is 20.3 Å². The lowest BCUT2D eigenvalue weighted by Gasteiger charge is -2.28. The molecule has 1 saturated heterocycles. The van der Waals surface area contributed by atoms with Crippen molar-refractivity contribution < 1.29 is 9.53 Å². The van der Waals surface area contributed by atoms with Crippen molar-refractivity contribution in [3.8, 4) is 5.75 Å². The summed E-state index contributed by atoms with van der Waals surface area (Å²) in [7, 11) is 0. The standard InChI is InChI=1S/C22H29N3O2/c1-3-27-21-10-6-5-9-20(21)23-17(2)22(26)24-18-11-13-19(14-12-18)25-15-7-4-8-16-25/h5-6,9-14,17,23H,3-4,7-8,15-16H2,1-2H3,(H,24,26)/t17-/m0/s1. The Morgan fingerprint density at radius 2 is 1.78 bits per heavy atom. The van der Waals surface area contributed by atoms with Crippen LogP contribution in [-0.4, -0.2) is 31.6 Å².